The third-order valence-electron chi connectivity index (χ3n) is 3.73. The molecule has 0 aliphatic heterocycles. The average molecular weight is 274 g/mol. The Morgan fingerprint density at radius 2 is 2.05 bits per heavy atom. The summed E-state index contributed by atoms with van der Waals surface area (Å²) in [6.45, 7) is 12.8. The van der Waals surface area contributed by atoms with Crippen LogP contribution in [0.3, 0.4) is 0 Å². The smallest absolute Gasteiger partial charge is 0.121 e. The van der Waals surface area contributed by atoms with Gasteiger partial charge < -0.3 is 15.2 Å². The van der Waals surface area contributed by atoms with Gasteiger partial charge in [-0.3, -0.25) is 0 Å². The van der Waals surface area contributed by atoms with E-state index in [-0.39, 0.29) is 0 Å². The van der Waals surface area contributed by atoms with Crippen LogP contribution >= 0.6 is 0 Å². The number of fused-ring (bicyclic) bond motifs is 1. The predicted octanol–water partition coefficient (Wildman–Crippen LogP) is 2.69. The molecule has 0 aliphatic rings. The van der Waals surface area contributed by atoms with Crippen molar-refractivity contribution in [2.75, 3.05) is 19.6 Å². The van der Waals surface area contributed by atoms with Crippen LogP contribution in [0.5, 0.6) is 0 Å². The van der Waals surface area contributed by atoms with Gasteiger partial charge in [0.15, 0.2) is 0 Å². The summed E-state index contributed by atoms with van der Waals surface area (Å²) in [6, 6.07) is 6.78. The molecule has 20 heavy (non-hydrogen) atoms. The van der Waals surface area contributed by atoms with Gasteiger partial charge in [0, 0.05) is 12.6 Å². The fourth-order valence-electron chi connectivity index (χ4n) is 2.46. The number of H-pyrrole nitrogens is 1. The van der Waals surface area contributed by atoms with Crippen molar-refractivity contribution in [3.8, 4) is 0 Å². The van der Waals surface area contributed by atoms with Crippen LogP contribution in [0.2, 0.25) is 0 Å². The normalized spacial score (nSPS) is 13.2. The van der Waals surface area contributed by atoms with Crippen molar-refractivity contribution in [3.63, 3.8) is 0 Å². The van der Waals surface area contributed by atoms with Gasteiger partial charge >= 0.3 is 0 Å². The fraction of sp³-hybridized carbons (Fsp3) is 0.562. The zero-order valence-corrected chi connectivity index (χ0v) is 13.0. The second-order valence-corrected chi connectivity index (χ2v) is 5.47. The maximum atomic E-state index is 4.61. The summed E-state index contributed by atoms with van der Waals surface area (Å²) in [5.41, 5.74) is 3.43. The second kappa shape index (κ2) is 6.86. The van der Waals surface area contributed by atoms with Crippen LogP contribution in [0.25, 0.3) is 11.0 Å². The van der Waals surface area contributed by atoms with Gasteiger partial charge in [0.1, 0.15) is 5.82 Å². The van der Waals surface area contributed by atoms with Crippen molar-refractivity contribution >= 4 is 11.0 Å². The summed E-state index contributed by atoms with van der Waals surface area (Å²) >= 11 is 0. The summed E-state index contributed by atoms with van der Waals surface area (Å²) < 4.78 is 0. The molecule has 1 atom stereocenters. The van der Waals surface area contributed by atoms with Crippen LogP contribution in [0.15, 0.2) is 18.2 Å². The molecular formula is C16H26N4. The lowest BCUT2D eigenvalue weighted by Gasteiger charge is -2.23. The number of rotatable bonds is 7. The van der Waals surface area contributed by atoms with E-state index >= 15 is 0 Å². The highest BCUT2D eigenvalue weighted by atomic mass is 15.1. The number of benzene rings is 1. The lowest BCUT2D eigenvalue weighted by atomic mass is 10.2. The van der Waals surface area contributed by atoms with E-state index in [2.05, 4.69) is 66.1 Å². The summed E-state index contributed by atoms with van der Waals surface area (Å²) in [6.07, 6.45) is 0. The molecule has 1 aromatic heterocycles. The van der Waals surface area contributed by atoms with Gasteiger partial charge in [-0.2, -0.15) is 0 Å². The van der Waals surface area contributed by atoms with Crippen molar-refractivity contribution in [2.24, 2.45) is 0 Å². The van der Waals surface area contributed by atoms with E-state index in [1.165, 1.54) is 5.56 Å². The van der Waals surface area contributed by atoms with Gasteiger partial charge in [0.25, 0.3) is 0 Å². The van der Waals surface area contributed by atoms with E-state index in [0.717, 1.165) is 43.0 Å². The van der Waals surface area contributed by atoms with Gasteiger partial charge in [-0.25, -0.2) is 4.98 Å². The van der Waals surface area contributed by atoms with Crippen LogP contribution < -0.4 is 5.32 Å². The van der Waals surface area contributed by atoms with Crippen molar-refractivity contribution in [3.05, 3.63) is 29.6 Å². The molecule has 0 fully saturated rings. The van der Waals surface area contributed by atoms with Crippen LogP contribution in [0.1, 0.15) is 32.2 Å². The molecule has 0 saturated carbocycles. The molecule has 0 aliphatic carbocycles. The van der Waals surface area contributed by atoms with Crippen molar-refractivity contribution in [1.29, 1.82) is 0 Å². The number of nitrogens with zero attached hydrogens (tertiary/aromatic N) is 2. The first-order chi connectivity index (χ1) is 9.62. The van der Waals surface area contributed by atoms with E-state index in [1.807, 2.05) is 0 Å². The molecule has 110 valence electrons. The molecule has 1 heterocycles. The number of aromatic nitrogens is 2. The quantitative estimate of drug-likeness (QED) is 0.816. The van der Waals surface area contributed by atoms with E-state index in [1.54, 1.807) is 0 Å². The summed E-state index contributed by atoms with van der Waals surface area (Å²) in [5.74, 6) is 1.01. The fourth-order valence-corrected chi connectivity index (χ4v) is 2.46. The molecule has 0 radical (unpaired) electrons. The molecule has 1 aromatic carbocycles. The standard InChI is InChI=1S/C16H26N4/c1-5-20(6-2)11-13(4)17-10-16-18-14-8-7-12(3)9-15(14)19-16/h7-9,13,17H,5-6,10-11H2,1-4H3,(H,18,19)/t13-/m0/s1. The van der Waals surface area contributed by atoms with E-state index in [0.29, 0.717) is 6.04 Å². The summed E-state index contributed by atoms with van der Waals surface area (Å²) in [4.78, 5) is 10.4. The minimum atomic E-state index is 0.463. The second-order valence-electron chi connectivity index (χ2n) is 5.47. The number of hydrogen-bond acceptors (Lipinski definition) is 3. The topological polar surface area (TPSA) is 44.0 Å². The van der Waals surface area contributed by atoms with E-state index < -0.39 is 0 Å². The first-order valence-electron chi connectivity index (χ1n) is 7.53. The van der Waals surface area contributed by atoms with Crippen LogP contribution in [-0.2, 0) is 6.54 Å². The molecule has 2 rings (SSSR count). The van der Waals surface area contributed by atoms with Gasteiger partial charge in [-0.05, 0) is 44.6 Å². The minimum absolute atomic E-state index is 0.463. The molecule has 0 bridgehead atoms. The molecular weight excluding hydrogens is 248 g/mol. The average Bonchev–Trinajstić information content (AvgIpc) is 2.84. The Kier molecular flexibility index (Phi) is 5.15. The Hall–Kier alpha value is -1.39. The van der Waals surface area contributed by atoms with E-state index in [9.17, 15) is 0 Å². The first kappa shape index (κ1) is 15.0. The molecule has 0 saturated heterocycles. The minimum Gasteiger partial charge on any atom is -0.341 e. The first-order valence-corrected chi connectivity index (χ1v) is 7.53. The van der Waals surface area contributed by atoms with Crippen molar-refractivity contribution in [2.45, 2.75) is 40.3 Å². The van der Waals surface area contributed by atoms with Gasteiger partial charge in [0.2, 0.25) is 0 Å². The number of imidazole rings is 1. The largest absolute Gasteiger partial charge is 0.341 e. The highest BCUT2D eigenvalue weighted by molar-refractivity contribution is 5.75. The monoisotopic (exact) mass is 274 g/mol. The Labute approximate surface area is 121 Å². The summed E-state index contributed by atoms with van der Waals surface area (Å²) in [7, 11) is 0. The Morgan fingerprint density at radius 1 is 1.30 bits per heavy atom. The number of aryl methyl sites for hydroxylation is 1. The molecule has 2 N–H and O–H groups in total. The maximum Gasteiger partial charge on any atom is 0.121 e. The molecule has 4 heteroatoms. The Morgan fingerprint density at radius 3 is 2.75 bits per heavy atom. The van der Waals surface area contributed by atoms with Crippen LogP contribution in [-0.4, -0.2) is 40.5 Å². The maximum absolute atomic E-state index is 4.61. The lowest BCUT2D eigenvalue weighted by molar-refractivity contribution is 0.270. The SMILES string of the molecule is CCN(CC)C[C@H](C)NCc1nc2ccc(C)cc2[nH]1. The molecule has 0 spiro atoms. The molecule has 2 aromatic rings. The Bertz CT molecular complexity index is 542. The third kappa shape index (κ3) is 3.81. The number of hydrogen-bond donors (Lipinski definition) is 2. The Balaban J connectivity index is 1.92. The zero-order chi connectivity index (χ0) is 14.5. The third-order valence-corrected chi connectivity index (χ3v) is 3.73. The van der Waals surface area contributed by atoms with Crippen LogP contribution in [0.4, 0.5) is 0 Å². The number of aromatic amines is 1. The van der Waals surface area contributed by atoms with Gasteiger partial charge in [-0.15, -0.1) is 0 Å². The lowest BCUT2D eigenvalue weighted by Crippen LogP contribution is -2.38. The number of likely N-dealkylation sites (N-methyl/N-ethyl adjacent to an activating group) is 1. The highest BCUT2D eigenvalue weighted by Gasteiger charge is 2.08. The number of nitrogens with one attached hydrogen (secondary N) is 2. The van der Waals surface area contributed by atoms with Gasteiger partial charge in [0.05, 0.1) is 17.6 Å². The van der Waals surface area contributed by atoms with Crippen molar-refractivity contribution < 1.29 is 0 Å². The zero-order valence-electron chi connectivity index (χ0n) is 13.0. The molecule has 0 unspecified atom stereocenters. The summed E-state index contributed by atoms with van der Waals surface area (Å²) in [5, 5.41) is 3.54. The highest BCUT2D eigenvalue weighted by Crippen LogP contribution is 2.13. The van der Waals surface area contributed by atoms with Crippen LogP contribution in [0, 0.1) is 6.92 Å². The molecule has 0 amide bonds. The van der Waals surface area contributed by atoms with Gasteiger partial charge in [-0.1, -0.05) is 19.9 Å². The van der Waals surface area contributed by atoms with E-state index in [4.69, 9.17) is 0 Å². The van der Waals surface area contributed by atoms with Crippen molar-refractivity contribution in [1.82, 2.24) is 20.2 Å². The molecule has 4 nitrogen and oxygen atoms in total. The predicted molar refractivity (Wildman–Crippen MR) is 84.9 cm³/mol.